The molecular formula is C22H26O9. The van der Waals surface area contributed by atoms with Gasteiger partial charge in [0, 0.05) is 6.07 Å². The molecule has 1 aromatic heterocycles. The Kier molecular flexibility index (Phi) is 8.60. The average Bonchev–Trinajstić information content (AvgIpc) is 2.71. The Morgan fingerprint density at radius 1 is 1.16 bits per heavy atom. The molecule has 0 radical (unpaired) electrons. The van der Waals surface area contributed by atoms with Gasteiger partial charge in [0.05, 0.1) is 19.4 Å². The molecule has 0 bridgehead atoms. The summed E-state index contributed by atoms with van der Waals surface area (Å²) >= 11 is 0. The molecule has 2 rings (SSSR count). The maximum atomic E-state index is 12.8. The lowest BCUT2D eigenvalue weighted by atomic mass is 10.1. The summed E-state index contributed by atoms with van der Waals surface area (Å²) in [4.78, 5) is 47.0. The fourth-order valence-electron chi connectivity index (χ4n) is 2.91. The van der Waals surface area contributed by atoms with Gasteiger partial charge in [-0.3, -0.25) is 14.4 Å². The van der Waals surface area contributed by atoms with E-state index in [1.165, 1.54) is 0 Å². The standard InChI is InChI=1S/C22H26O9/c1-4-6-14-7-8-16(29-12-13(3)30-19(26)10-9-18(24)25)20-15(23)11-17(31-21(14)20)22(27)28-5-2/h7-8,11,13H,4-6,9-10,12H2,1-3H3,(H,24,25). The van der Waals surface area contributed by atoms with Gasteiger partial charge in [-0.2, -0.15) is 0 Å². The molecular weight excluding hydrogens is 408 g/mol. The minimum absolute atomic E-state index is 0.0555. The maximum absolute atomic E-state index is 12.8. The van der Waals surface area contributed by atoms with Crippen LogP contribution in [-0.4, -0.2) is 42.3 Å². The van der Waals surface area contributed by atoms with Crippen LogP contribution in [0.4, 0.5) is 0 Å². The van der Waals surface area contributed by atoms with Crippen molar-refractivity contribution in [3.8, 4) is 5.75 Å². The van der Waals surface area contributed by atoms with Crippen molar-refractivity contribution in [1.82, 2.24) is 0 Å². The molecule has 2 aromatic rings. The summed E-state index contributed by atoms with van der Waals surface area (Å²) in [6.07, 6.45) is 0.196. The van der Waals surface area contributed by atoms with Crippen LogP contribution in [0.1, 0.15) is 56.2 Å². The topological polar surface area (TPSA) is 129 Å². The van der Waals surface area contributed by atoms with Crippen LogP contribution in [-0.2, 0) is 25.5 Å². The maximum Gasteiger partial charge on any atom is 0.374 e. The van der Waals surface area contributed by atoms with E-state index >= 15 is 0 Å². The van der Waals surface area contributed by atoms with Crippen molar-refractivity contribution in [1.29, 1.82) is 0 Å². The van der Waals surface area contributed by atoms with Crippen LogP contribution in [0.3, 0.4) is 0 Å². The number of aryl methyl sites for hydroxylation is 1. The number of carbonyl (C=O) groups is 3. The number of carboxylic acid groups (broad SMARTS) is 1. The molecule has 31 heavy (non-hydrogen) atoms. The molecule has 0 amide bonds. The van der Waals surface area contributed by atoms with Crippen LogP contribution >= 0.6 is 0 Å². The summed E-state index contributed by atoms with van der Waals surface area (Å²) in [5.41, 5.74) is 0.547. The third-order valence-corrected chi connectivity index (χ3v) is 4.27. The Balaban J connectivity index is 2.27. The SMILES string of the molecule is CCCc1ccc(OCC(C)OC(=O)CCC(=O)O)c2c(=O)cc(C(=O)OCC)oc12. The molecule has 1 heterocycles. The molecule has 0 saturated carbocycles. The zero-order valence-electron chi connectivity index (χ0n) is 17.8. The van der Waals surface area contributed by atoms with Crippen LogP contribution in [0.15, 0.2) is 27.4 Å². The highest BCUT2D eigenvalue weighted by Gasteiger charge is 2.19. The summed E-state index contributed by atoms with van der Waals surface area (Å²) in [6.45, 7) is 5.31. The quantitative estimate of drug-likeness (QED) is 0.530. The predicted molar refractivity (Wildman–Crippen MR) is 110 cm³/mol. The lowest BCUT2D eigenvalue weighted by Gasteiger charge is -2.16. The average molecular weight is 434 g/mol. The van der Waals surface area contributed by atoms with Gasteiger partial charge >= 0.3 is 17.9 Å². The van der Waals surface area contributed by atoms with E-state index in [2.05, 4.69) is 0 Å². The second-order valence-corrected chi connectivity index (χ2v) is 6.88. The summed E-state index contributed by atoms with van der Waals surface area (Å²) in [5.74, 6) is -2.42. The van der Waals surface area contributed by atoms with Crippen molar-refractivity contribution in [2.45, 2.75) is 52.6 Å². The van der Waals surface area contributed by atoms with E-state index in [1.54, 1.807) is 26.0 Å². The number of aliphatic carboxylic acids is 1. The van der Waals surface area contributed by atoms with E-state index < -0.39 is 29.4 Å². The first-order chi connectivity index (χ1) is 14.8. The van der Waals surface area contributed by atoms with Gasteiger partial charge in [-0.25, -0.2) is 4.79 Å². The molecule has 1 unspecified atom stereocenters. The van der Waals surface area contributed by atoms with Gasteiger partial charge in [-0.05, 0) is 31.9 Å². The molecule has 9 heteroatoms. The number of fused-ring (bicyclic) bond motifs is 1. The number of ether oxygens (including phenoxy) is 3. The van der Waals surface area contributed by atoms with Crippen molar-refractivity contribution in [3.05, 3.63) is 39.7 Å². The van der Waals surface area contributed by atoms with Crippen molar-refractivity contribution < 1.29 is 38.1 Å². The monoisotopic (exact) mass is 434 g/mol. The highest BCUT2D eigenvalue weighted by Crippen LogP contribution is 2.28. The van der Waals surface area contributed by atoms with Crippen molar-refractivity contribution in [2.24, 2.45) is 0 Å². The van der Waals surface area contributed by atoms with Crippen LogP contribution < -0.4 is 10.2 Å². The van der Waals surface area contributed by atoms with Crippen molar-refractivity contribution >= 4 is 28.9 Å². The minimum atomic E-state index is -1.09. The van der Waals surface area contributed by atoms with E-state index in [9.17, 15) is 19.2 Å². The first-order valence-corrected chi connectivity index (χ1v) is 10.1. The molecule has 1 N–H and O–H groups in total. The fraction of sp³-hybridized carbons (Fsp3) is 0.455. The number of esters is 2. The number of carbonyl (C=O) groups excluding carboxylic acids is 2. The Bertz CT molecular complexity index is 1010. The number of rotatable bonds is 11. The third-order valence-electron chi connectivity index (χ3n) is 4.27. The van der Waals surface area contributed by atoms with Crippen molar-refractivity contribution in [2.75, 3.05) is 13.2 Å². The number of hydrogen-bond acceptors (Lipinski definition) is 8. The molecule has 168 valence electrons. The normalized spacial score (nSPS) is 11.7. The lowest BCUT2D eigenvalue weighted by molar-refractivity contribution is -0.152. The molecule has 1 atom stereocenters. The Morgan fingerprint density at radius 3 is 2.55 bits per heavy atom. The highest BCUT2D eigenvalue weighted by molar-refractivity contribution is 5.91. The first kappa shape index (κ1) is 23.9. The van der Waals surface area contributed by atoms with Crippen LogP contribution in [0.5, 0.6) is 5.75 Å². The van der Waals surface area contributed by atoms with Crippen LogP contribution in [0.2, 0.25) is 0 Å². The van der Waals surface area contributed by atoms with Gasteiger partial charge in [0.15, 0.2) is 5.43 Å². The summed E-state index contributed by atoms with van der Waals surface area (Å²) in [7, 11) is 0. The minimum Gasteiger partial charge on any atom is -0.489 e. The molecule has 0 fully saturated rings. The van der Waals surface area contributed by atoms with Gasteiger partial charge in [-0.1, -0.05) is 19.4 Å². The predicted octanol–water partition coefficient (Wildman–Crippen LogP) is 3.10. The second-order valence-electron chi connectivity index (χ2n) is 6.88. The van der Waals surface area contributed by atoms with Gasteiger partial charge in [0.2, 0.25) is 5.76 Å². The number of hydrogen-bond donors (Lipinski definition) is 1. The van der Waals surface area contributed by atoms with Gasteiger partial charge in [-0.15, -0.1) is 0 Å². The Morgan fingerprint density at radius 2 is 1.90 bits per heavy atom. The second kappa shape index (κ2) is 11.1. The lowest BCUT2D eigenvalue weighted by Crippen LogP contribution is -2.22. The van der Waals surface area contributed by atoms with Crippen molar-refractivity contribution in [3.63, 3.8) is 0 Å². The zero-order chi connectivity index (χ0) is 23.0. The van der Waals surface area contributed by atoms with Gasteiger partial charge in [0.25, 0.3) is 0 Å². The molecule has 0 aliphatic carbocycles. The molecule has 0 aliphatic heterocycles. The Labute approximate surface area is 178 Å². The summed E-state index contributed by atoms with van der Waals surface area (Å²) in [5, 5.41) is 8.80. The molecule has 0 spiro atoms. The largest absolute Gasteiger partial charge is 0.489 e. The van der Waals surface area contributed by atoms with Gasteiger partial charge in [0.1, 0.15) is 29.4 Å². The fourth-order valence-corrected chi connectivity index (χ4v) is 2.91. The zero-order valence-corrected chi connectivity index (χ0v) is 17.8. The van der Waals surface area contributed by atoms with E-state index in [0.717, 1.165) is 18.1 Å². The first-order valence-electron chi connectivity index (χ1n) is 10.1. The third kappa shape index (κ3) is 6.56. The molecule has 9 nitrogen and oxygen atoms in total. The molecule has 0 aliphatic rings. The van der Waals surface area contributed by atoms with Gasteiger partial charge < -0.3 is 23.7 Å². The number of benzene rings is 1. The molecule has 1 aromatic carbocycles. The van der Waals surface area contributed by atoms with E-state index in [4.69, 9.17) is 23.7 Å². The summed E-state index contributed by atoms with van der Waals surface area (Å²) < 4.78 is 21.5. The highest BCUT2D eigenvalue weighted by atomic mass is 16.6. The van der Waals surface area contributed by atoms with Crippen LogP contribution in [0, 0.1) is 0 Å². The smallest absolute Gasteiger partial charge is 0.374 e. The Hall–Kier alpha value is -3.36. The van der Waals surface area contributed by atoms with E-state index in [1.807, 2.05) is 6.92 Å². The molecule has 0 saturated heterocycles. The van der Waals surface area contributed by atoms with E-state index in [-0.39, 0.29) is 48.5 Å². The number of carboxylic acids is 1. The van der Waals surface area contributed by atoms with Crippen LogP contribution in [0.25, 0.3) is 11.0 Å². The summed E-state index contributed by atoms with van der Waals surface area (Å²) in [6, 6.07) is 4.45. The van der Waals surface area contributed by atoms with E-state index in [0.29, 0.717) is 6.42 Å².